The van der Waals surface area contributed by atoms with Crippen molar-refractivity contribution in [3.63, 3.8) is 0 Å². The van der Waals surface area contributed by atoms with E-state index in [4.69, 9.17) is 9.47 Å². The van der Waals surface area contributed by atoms with Gasteiger partial charge in [-0.25, -0.2) is 0 Å². The first kappa shape index (κ1) is 14.2. The fourth-order valence-corrected chi connectivity index (χ4v) is 2.22. The summed E-state index contributed by atoms with van der Waals surface area (Å²) in [5.74, 6) is 1.87. The number of fused-ring (bicyclic) bond motifs is 1. The predicted molar refractivity (Wildman–Crippen MR) is 77.9 cm³/mol. The minimum atomic E-state index is 0.247. The first-order chi connectivity index (χ1) is 8.91. The minimum absolute atomic E-state index is 0.247. The molecular weight excluding hydrogens is 238 g/mol. The molecule has 19 heavy (non-hydrogen) atoms. The van der Waals surface area contributed by atoms with Crippen molar-refractivity contribution in [2.45, 2.75) is 46.2 Å². The van der Waals surface area contributed by atoms with E-state index < -0.39 is 0 Å². The van der Waals surface area contributed by atoms with Gasteiger partial charge in [-0.3, -0.25) is 0 Å². The van der Waals surface area contributed by atoms with Crippen molar-refractivity contribution in [3.05, 3.63) is 23.8 Å². The Labute approximate surface area is 116 Å². The zero-order chi connectivity index (χ0) is 14.0. The summed E-state index contributed by atoms with van der Waals surface area (Å²) in [6.07, 6.45) is 1.00. The summed E-state index contributed by atoms with van der Waals surface area (Å²) in [6.45, 7) is 9.80. The Balaban J connectivity index is 2.21. The number of benzene rings is 1. The summed E-state index contributed by atoms with van der Waals surface area (Å²) < 4.78 is 11.0. The molecule has 1 heterocycles. The van der Waals surface area contributed by atoms with Crippen molar-refractivity contribution in [3.8, 4) is 11.5 Å². The lowest BCUT2D eigenvalue weighted by Crippen LogP contribution is -2.41. The van der Waals surface area contributed by atoms with Crippen LogP contribution in [0.3, 0.4) is 0 Å². The van der Waals surface area contributed by atoms with Crippen LogP contribution in [0.5, 0.6) is 11.5 Å². The highest BCUT2D eigenvalue weighted by Gasteiger charge is 2.27. The maximum absolute atomic E-state index is 5.72. The molecule has 0 aliphatic carbocycles. The zero-order valence-corrected chi connectivity index (χ0v) is 12.6. The highest BCUT2D eigenvalue weighted by atomic mass is 16.5. The summed E-state index contributed by atoms with van der Waals surface area (Å²) in [5, 5.41) is 3.73. The molecule has 0 fully saturated rings. The second kappa shape index (κ2) is 5.41. The van der Waals surface area contributed by atoms with Gasteiger partial charge in [0.1, 0.15) is 11.5 Å². The Hall–Kier alpha value is -1.22. The van der Waals surface area contributed by atoms with E-state index >= 15 is 0 Å². The molecule has 1 aromatic rings. The standard InChI is InChI=1S/C16H25NO2/c1-11(16(2,3)4)17-14-8-9-19-15-7-6-12(18-5)10-13(14)15/h6-7,10-11,14,17H,8-9H2,1-5H3. The maximum atomic E-state index is 5.72. The SMILES string of the molecule is COc1ccc2c(c1)C(NC(C)C(C)(C)C)CCO2. The van der Waals surface area contributed by atoms with Gasteiger partial charge in [0.05, 0.1) is 13.7 Å². The molecule has 0 aromatic heterocycles. The van der Waals surface area contributed by atoms with Crippen LogP contribution in [0.15, 0.2) is 18.2 Å². The normalized spacial score (nSPS) is 20.4. The molecule has 1 aliphatic heterocycles. The predicted octanol–water partition coefficient (Wildman–Crippen LogP) is 3.54. The second-order valence-corrected chi connectivity index (χ2v) is 6.35. The fourth-order valence-electron chi connectivity index (χ4n) is 2.22. The Bertz CT molecular complexity index is 437. The molecular formula is C16H25NO2. The number of hydrogen-bond donors (Lipinski definition) is 1. The molecule has 0 spiro atoms. The van der Waals surface area contributed by atoms with Gasteiger partial charge in [-0.2, -0.15) is 0 Å². The zero-order valence-electron chi connectivity index (χ0n) is 12.6. The van der Waals surface area contributed by atoms with Crippen molar-refractivity contribution < 1.29 is 9.47 Å². The summed E-state index contributed by atoms with van der Waals surface area (Å²) >= 11 is 0. The summed E-state index contributed by atoms with van der Waals surface area (Å²) in [4.78, 5) is 0. The van der Waals surface area contributed by atoms with Gasteiger partial charge in [0.2, 0.25) is 0 Å². The van der Waals surface area contributed by atoms with Crippen LogP contribution in [0.1, 0.15) is 45.7 Å². The van der Waals surface area contributed by atoms with E-state index in [1.807, 2.05) is 12.1 Å². The van der Waals surface area contributed by atoms with Crippen LogP contribution < -0.4 is 14.8 Å². The Morgan fingerprint density at radius 2 is 2.11 bits per heavy atom. The van der Waals surface area contributed by atoms with Crippen LogP contribution in [0, 0.1) is 5.41 Å². The first-order valence-corrected chi connectivity index (χ1v) is 6.98. The van der Waals surface area contributed by atoms with E-state index in [0.29, 0.717) is 12.1 Å². The fraction of sp³-hybridized carbons (Fsp3) is 0.625. The molecule has 2 unspecified atom stereocenters. The smallest absolute Gasteiger partial charge is 0.124 e. The lowest BCUT2D eigenvalue weighted by Gasteiger charge is -2.35. The lowest BCUT2D eigenvalue weighted by atomic mass is 9.86. The number of ether oxygens (including phenoxy) is 2. The van der Waals surface area contributed by atoms with Crippen molar-refractivity contribution >= 4 is 0 Å². The van der Waals surface area contributed by atoms with Gasteiger partial charge >= 0.3 is 0 Å². The monoisotopic (exact) mass is 263 g/mol. The van der Waals surface area contributed by atoms with Crippen molar-refractivity contribution in [1.82, 2.24) is 5.32 Å². The number of nitrogens with one attached hydrogen (secondary N) is 1. The average Bonchev–Trinajstić information content (AvgIpc) is 2.37. The lowest BCUT2D eigenvalue weighted by molar-refractivity contribution is 0.210. The van der Waals surface area contributed by atoms with Crippen LogP contribution in [-0.4, -0.2) is 19.8 Å². The molecule has 0 bridgehead atoms. The topological polar surface area (TPSA) is 30.5 Å². The van der Waals surface area contributed by atoms with Gasteiger partial charge in [0.25, 0.3) is 0 Å². The van der Waals surface area contributed by atoms with Crippen molar-refractivity contribution in [2.24, 2.45) is 5.41 Å². The molecule has 3 nitrogen and oxygen atoms in total. The van der Waals surface area contributed by atoms with Gasteiger partial charge < -0.3 is 14.8 Å². The van der Waals surface area contributed by atoms with Crippen molar-refractivity contribution in [1.29, 1.82) is 0 Å². The van der Waals surface area contributed by atoms with E-state index in [1.165, 1.54) is 5.56 Å². The highest BCUT2D eigenvalue weighted by molar-refractivity contribution is 5.43. The quantitative estimate of drug-likeness (QED) is 0.904. The molecule has 2 atom stereocenters. The Morgan fingerprint density at radius 3 is 2.74 bits per heavy atom. The first-order valence-electron chi connectivity index (χ1n) is 6.98. The third-order valence-electron chi connectivity index (χ3n) is 4.01. The number of hydrogen-bond acceptors (Lipinski definition) is 3. The largest absolute Gasteiger partial charge is 0.497 e. The summed E-state index contributed by atoms with van der Waals surface area (Å²) in [6, 6.07) is 6.82. The van der Waals surface area contributed by atoms with Gasteiger partial charge in [0.15, 0.2) is 0 Å². The van der Waals surface area contributed by atoms with Crippen LogP contribution in [-0.2, 0) is 0 Å². The van der Waals surface area contributed by atoms with Gasteiger partial charge in [0, 0.05) is 24.1 Å². The van der Waals surface area contributed by atoms with E-state index in [-0.39, 0.29) is 5.41 Å². The maximum Gasteiger partial charge on any atom is 0.124 e. The molecule has 2 rings (SSSR count). The van der Waals surface area contributed by atoms with E-state index in [9.17, 15) is 0 Å². The molecule has 106 valence electrons. The number of methoxy groups -OCH3 is 1. The molecule has 1 aliphatic rings. The van der Waals surface area contributed by atoms with Crippen LogP contribution in [0.25, 0.3) is 0 Å². The molecule has 3 heteroatoms. The van der Waals surface area contributed by atoms with E-state index in [0.717, 1.165) is 24.5 Å². The molecule has 0 saturated carbocycles. The molecule has 0 amide bonds. The Kier molecular flexibility index (Phi) is 4.04. The minimum Gasteiger partial charge on any atom is -0.497 e. The number of rotatable bonds is 3. The average molecular weight is 263 g/mol. The van der Waals surface area contributed by atoms with Crippen LogP contribution >= 0.6 is 0 Å². The third kappa shape index (κ3) is 3.21. The van der Waals surface area contributed by atoms with E-state index in [2.05, 4.69) is 39.1 Å². The summed E-state index contributed by atoms with van der Waals surface area (Å²) in [5.41, 5.74) is 1.46. The third-order valence-corrected chi connectivity index (χ3v) is 4.01. The van der Waals surface area contributed by atoms with Gasteiger partial charge in [-0.15, -0.1) is 0 Å². The van der Waals surface area contributed by atoms with E-state index in [1.54, 1.807) is 7.11 Å². The highest BCUT2D eigenvalue weighted by Crippen LogP contribution is 2.36. The molecule has 1 aromatic carbocycles. The summed E-state index contributed by atoms with van der Waals surface area (Å²) in [7, 11) is 1.70. The Morgan fingerprint density at radius 1 is 1.37 bits per heavy atom. The van der Waals surface area contributed by atoms with Gasteiger partial charge in [-0.05, 0) is 30.5 Å². The molecule has 1 N–H and O–H groups in total. The van der Waals surface area contributed by atoms with Crippen LogP contribution in [0.2, 0.25) is 0 Å². The van der Waals surface area contributed by atoms with Crippen molar-refractivity contribution in [2.75, 3.05) is 13.7 Å². The molecule has 0 radical (unpaired) electrons. The van der Waals surface area contributed by atoms with Crippen LogP contribution in [0.4, 0.5) is 0 Å². The second-order valence-electron chi connectivity index (χ2n) is 6.35. The van der Waals surface area contributed by atoms with Gasteiger partial charge in [-0.1, -0.05) is 20.8 Å². The molecule has 0 saturated heterocycles.